The molecule has 0 aromatic carbocycles. The Labute approximate surface area is 91.4 Å². The summed E-state index contributed by atoms with van der Waals surface area (Å²) in [6.07, 6.45) is 1.81. The molecule has 3 N–H and O–H groups in total. The molecule has 0 spiro atoms. The van der Waals surface area contributed by atoms with Crippen LogP contribution in [0.5, 0.6) is 0 Å². The first-order valence-corrected chi connectivity index (χ1v) is 5.54. The summed E-state index contributed by atoms with van der Waals surface area (Å²) in [5.74, 6) is 0.732. The monoisotopic (exact) mass is 214 g/mol. The van der Waals surface area contributed by atoms with Crippen molar-refractivity contribution in [1.82, 2.24) is 4.90 Å². The molecule has 0 bridgehead atoms. The largest absolute Gasteiger partial charge is 0.480 e. The van der Waals surface area contributed by atoms with Gasteiger partial charge >= 0.3 is 5.97 Å². The SMILES string of the molecule is CC1CC1CN(C)CCC(C)(N)C(=O)O. The number of aliphatic carboxylic acids is 1. The van der Waals surface area contributed by atoms with Crippen molar-refractivity contribution in [2.75, 3.05) is 20.1 Å². The van der Waals surface area contributed by atoms with Gasteiger partial charge in [-0.3, -0.25) is 4.79 Å². The predicted molar refractivity (Wildman–Crippen MR) is 59.6 cm³/mol. The maximum atomic E-state index is 10.8. The molecule has 0 aliphatic heterocycles. The van der Waals surface area contributed by atoms with Crippen molar-refractivity contribution in [3.63, 3.8) is 0 Å². The average Bonchev–Trinajstić information content (AvgIpc) is 2.78. The van der Waals surface area contributed by atoms with Gasteiger partial charge in [-0.05, 0) is 38.6 Å². The second-order valence-corrected chi connectivity index (χ2v) is 5.21. The number of nitrogens with zero attached hydrogens (tertiary/aromatic N) is 1. The molecule has 4 heteroatoms. The first-order chi connectivity index (χ1) is 6.83. The molecule has 1 rings (SSSR count). The minimum atomic E-state index is -1.09. The van der Waals surface area contributed by atoms with Crippen LogP contribution >= 0.6 is 0 Å². The molecular formula is C11H22N2O2. The summed E-state index contributed by atoms with van der Waals surface area (Å²) >= 11 is 0. The summed E-state index contributed by atoms with van der Waals surface area (Å²) in [4.78, 5) is 13.0. The van der Waals surface area contributed by atoms with Crippen molar-refractivity contribution < 1.29 is 9.90 Å². The fourth-order valence-electron chi connectivity index (χ4n) is 1.68. The highest BCUT2D eigenvalue weighted by Gasteiger charge is 2.34. The van der Waals surface area contributed by atoms with Gasteiger partial charge in [0, 0.05) is 13.1 Å². The summed E-state index contributed by atoms with van der Waals surface area (Å²) in [5, 5.41) is 8.85. The first-order valence-electron chi connectivity index (χ1n) is 5.54. The molecule has 0 radical (unpaired) electrons. The Kier molecular flexibility index (Phi) is 3.73. The first kappa shape index (κ1) is 12.5. The average molecular weight is 214 g/mol. The van der Waals surface area contributed by atoms with Gasteiger partial charge in [-0.2, -0.15) is 0 Å². The Balaban J connectivity index is 2.21. The van der Waals surface area contributed by atoms with Crippen LogP contribution in [-0.2, 0) is 4.79 Å². The maximum absolute atomic E-state index is 10.8. The molecule has 15 heavy (non-hydrogen) atoms. The Morgan fingerprint density at radius 1 is 1.67 bits per heavy atom. The van der Waals surface area contributed by atoms with Crippen molar-refractivity contribution in [2.45, 2.75) is 32.2 Å². The normalized spacial score (nSPS) is 28.9. The van der Waals surface area contributed by atoms with Crippen molar-refractivity contribution >= 4 is 5.97 Å². The minimum absolute atomic E-state index is 0.500. The second kappa shape index (κ2) is 4.49. The van der Waals surface area contributed by atoms with Gasteiger partial charge in [0.1, 0.15) is 5.54 Å². The molecule has 1 aliphatic carbocycles. The van der Waals surface area contributed by atoms with Crippen molar-refractivity contribution in [3.8, 4) is 0 Å². The molecule has 1 fully saturated rings. The van der Waals surface area contributed by atoms with Gasteiger partial charge in [-0.25, -0.2) is 0 Å². The second-order valence-electron chi connectivity index (χ2n) is 5.21. The molecule has 88 valence electrons. The van der Waals surface area contributed by atoms with Crippen LogP contribution in [0.2, 0.25) is 0 Å². The predicted octanol–water partition coefficient (Wildman–Crippen LogP) is 0.766. The number of carboxylic acid groups (broad SMARTS) is 1. The van der Waals surface area contributed by atoms with E-state index in [1.165, 1.54) is 6.42 Å². The highest BCUT2D eigenvalue weighted by atomic mass is 16.4. The summed E-state index contributed by atoms with van der Waals surface area (Å²) in [6, 6.07) is 0. The van der Waals surface area contributed by atoms with E-state index < -0.39 is 11.5 Å². The third-order valence-electron chi connectivity index (χ3n) is 3.32. The lowest BCUT2D eigenvalue weighted by Gasteiger charge is -2.23. The Morgan fingerprint density at radius 3 is 2.60 bits per heavy atom. The van der Waals surface area contributed by atoms with E-state index in [-0.39, 0.29) is 0 Å². The third-order valence-corrected chi connectivity index (χ3v) is 3.32. The Bertz CT molecular complexity index is 241. The number of rotatable bonds is 6. The quantitative estimate of drug-likeness (QED) is 0.685. The minimum Gasteiger partial charge on any atom is -0.480 e. The summed E-state index contributed by atoms with van der Waals surface area (Å²) in [6.45, 7) is 5.64. The smallest absolute Gasteiger partial charge is 0.323 e. The zero-order chi connectivity index (χ0) is 11.6. The molecule has 0 amide bonds. The van der Waals surface area contributed by atoms with E-state index in [2.05, 4.69) is 11.8 Å². The molecule has 0 aromatic heterocycles. The topological polar surface area (TPSA) is 66.6 Å². The van der Waals surface area contributed by atoms with Crippen LogP contribution < -0.4 is 5.73 Å². The lowest BCUT2D eigenvalue weighted by molar-refractivity contribution is -0.143. The van der Waals surface area contributed by atoms with Gasteiger partial charge in [0.15, 0.2) is 0 Å². The molecule has 1 saturated carbocycles. The molecule has 0 heterocycles. The van der Waals surface area contributed by atoms with Crippen LogP contribution in [0.4, 0.5) is 0 Å². The molecule has 4 nitrogen and oxygen atoms in total. The van der Waals surface area contributed by atoms with Crippen molar-refractivity contribution in [1.29, 1.82) is 0 Å². The molecular weight excluding hydrogens is 192 g/mol. The summed E-state index contributed by atoms with van der Waals surface area (Å²) in [7, 11) is 2.03. The lowest BCUT2D eigenvalue weighted by Crippen LogP contribution is -2.47. The number of nitrogens with two attached hydrogens (primary N) is 1. The van der Waals surface area contributed by atoms with Crippen LogP contribution in [0, 0.1) is 11.8 Å². The number of hydrogen-bond donors (Lipinski definition) is 2. The molecule has 1 aliphatic rings. The zero-order valence-corrected chi connectivity index (χ0v) is 9.86. The standard InChI is InChI=1S/C11H22N2O2/c1-8-6-9(8)7-13(3)5-4-11(2,12)10(14)15/h8-9H,4-7,12H2,1-3H3,(H,14,15). The third kappa shape index (κ3) is 3.80. The van der Waals surface area contributed by atoms with Crippen LogP contribution in [0.3, 0.4) is 0 Å². The fraction of sp³-hybridized carbons (Fsp3) is 0.909. The van der Waals surface area contributed by atoms with Gasteiger partial charge in [-0.15, -0.1) is 0 Å². The number of carboxylic acids is 1. The van der Waals surface area contributed by atoms with E-state index in [0.29, 0.717) is 6.42 Å². The number of carbonyl (C=O) groups is 1. The van der Waals surface area contributed by atoms with E-state index in [9.17, 15) is 4.79 Å². The Hall–Kier alpha value is -0.610. The zero-order valence-electron chi connectivity index (χ0n) is 9.86. The summed E-state index contributed by atoms with van der Waals surface area (Å²) in [5.41, 5.74) is 4.56. The van der Waals surface area contributed by atoms with E-state index in [4.69, 9.17) is 10.8 Å². The molecule has 0 aromatic rings. The maximum Gasteiger partial charge on any atom is 0.323 e. The lowest BCUT2D eigenvalue weighted by atomic mass is 9.99. The van der Waals surface area contributed by atoms with E-state index >= 15 is 0 Å². The van der Waals surface area contributed by atoms with E-state index in [1.807, 2.05) is 7.05 Å². The van der Waals surface area contributed by atoms with E-state index in [0.717, 1.165) is 24.9 Å². The highest BCUT2D eigenvalue weighted by Crippen LogP contribution is 2.37. The Morgan fingerprint density at radius 2 is 2.20 bits per heavy atom. The van der Waals surface area contributed by atoms with Crippen molar-refractivity contribution in [3.05, 3.63) is 0 Å². The fourth-order valence-corrected chi connectivity index (χ4v) is 1.68. The van der Waals surface area contributed by atoms with Crippen LogP contribution in [0.1, 0.15) is 26.7 Å². The van der Waals surface area contributed by atoms with Crippen LogP contribution in [-0.4, -0.2) is 41.7 Å². The molecule has 0 saturated heterocycles. The van der Waals surface area contributed by atoms with Crippen LogP contribution in [0.15, 0.2) is 0 Å². The highest BCUT2D eigenvalue weighted by molar-refractivity contribution is 5.77. The van der Waals surface area contributed by atoms with E-state index in [1.54, 1.807) is 6.92 Å². The molecule has 3 unspecified atom stereocenters. The van der Waals surface area contributed by atoms with Gasteiger partial charge in [0.25, 0.3) is 0 Å². The number of hydrogen-bond acceptors (Lipinski definition) is 3. The van der Waals surface area contributed by atoms with Crippen molar-refractivity contribution in [2.24, 2.45) is 17.6 Å². The van der Waals surface area contributed by atoms with Gasteiger partial charge in [-0.1, -0.05) is 6.92 Å². The van der Waals surface area contributed by atoms with Gasteiger partial charge < -0.3 is 15.7 Å². The summed E-state index contributed by atoms with van der Waals surface area (Å²) < 4.78 is 0. The van der Waals surface area contributed by atoms with Gasteiger partial charge in [0.05, 0.1) is 0 Å². The molecule has 3 atom stereocenters. The van der Waals surface area contributed by atoms with Crippen LogP contribution in [0.25, 0.3) is 0 Å². The van der Waals surface area contributed by atoms with Gasteiger partial charge in [0.2, 0.25) is 0 Å².